The van der Waals surface area contributed by atoms with Crippen LogP contribution in [0.15, 0.2) is 41.0 Å². The summed E-state index contributed by atoms with van der Waals surface area (Å²) in [4.78, 5) is 3.81. The maximum absolute atomic E-state index is 13.4. The van der Waals surface area contributed by atoms with Gasteiger partial charge in [0.05, 0.1) is 0 Å². The lowest BCUT2D eigenvalue weighted by Crippen LogP contribution is -1.94. The molecule has 0 saturated carbocycles. The van der Waals surface area contributed by atoms with E-state index in [9.17, 15) is 8.78 Å². The lowest BCUT2D eigenvalue weighted by atomic mass is 10.3. The molecule has 5 heteroatoms. The Morgan fingerprint density at radius 2 is 1.81 bits per heavy atom. The second-order valence-corrected chi connectivity index (χ2v) is 3.88. The molecule has 1 aromatic carbocycles. The number of nitrogens with zero attached hydrogens (tertiary/aromatic N) is 1. The highest BCUT2D eigenvalue weighted by Crippen LogP contribution is 2.29. The van der Waals surface area contributed by atoms with Crippen LogP contribution in [0.5, 0.6) is 11.6 Å². The van der Waals surface area contributed by atoms with Gasteiger partial charge in [-0.1, -0.05) is 22.0 Å². The van der Waals surface area contributed by atoms with E-state index in [1.54, 1.807) is 12.1 Å². The molecule has 0 bridgehead atoms. The quantitative estimate of drug-likeness (QED) is 0.835. The number of benzene rings is 1. The van der Waals surface area contributed by atoms with Crippen molar-refractivity contribution in [1.29, 1.82) is 0 Å². The zero-order valence-electron chi connectivity index (χ0n) is 7.95. The van der Waals surface area contributed by atoms with Crippen LogP contribution < -0.4 is 4.74 Å². The maximum Gasteiger partial charge on any atom is 0.219 e. The molecule has 0 amide bonds. The predicted octanol–water partition coefficient (Wildman–Crippen LogP) is 3.91. The number of rotatable bonds is 2. The van der Waals surface area contributed by atoms with Crippen molar-refractivity contribution in [2.45, 2.75) is 0 Å². The SMILES string of the molecule is Fc1cc(Br)cc(F)c1Oc1ccccn1. The van der Waals surface area contributed by atoms with Crippen molar-refractivity contribution in [2.75, 3.05) is 0 Å². The summed E-state index contributed by atoms with van der Waals surface area (Å²) >= 11 is 2.98. The summed E-state index contributed by atoms with van der Waals surface area (Å²) in [6.07, 6.45) is 1.48. The van der Waals surface area contributed by atoms with E-state index in [2.05, 4.69) is 20.9 Å². The average molecular weight is 286 g/mol. The number of hydrogen-bond donors (Lipinski definition) is 0. The molecule has 1 aromatic heterocycles. The Bertz CT molecular complexity index is 482. The number of aromatic nitrogens is 1. The molecule has 0 radical (unpaired) electrons. The predicted molar refractivity (Wildman–Crippen MR) is 58.4 cm³/mol. The van der Waals surface area contributed by atoms with E-state index in [1.807, 2.05) is 0 Å². The Hall–Kier alpha value is -1.49. The van der Waals surface area contributed by atoms with Crippen molar-refractivity contribution in [3.05, 3.63) is 52.6 Å². The largest absolute Gasteiger partial charge is 0.433 e. The van der Waals surface area contributed by atoms with E-state index in [-0.39, 0.29) is 5.88 Å². The van der Waals surface area contributed by atoms with E-state index in [4.69, 9.17) is 4.74 Å². The summed E-state index contributed by atoms with van der Waals surface area (Å²) in [6, 6.07) is 7.11. The Morgan fingerprint density at radius 3 is 2.38 bits per heavy atom. The average Bonchev–Trinajstić information content (AvgIpc) is 2.25. The fourth-order valence-corrected chi connectivity index (χ4v) is 1.54. The molecule has 0 aliphatic rings. The van der Waals surface area contributed by atoms with Crippen molar-refractivity contribution >= 4 is 15.9 Å². The number of ether oxygens (including phenoxy) is 1. The van der Waals surface area contributed by atoms with Crippen LogP contribution in [0.1, 0.15) is 0 Å². The summed E-state index contributed by atoms with van der Waals surface area (Å²) in [6.45, 7) is 0. The topological polar surface area (TPSA) is 22.1 Å². The first-order valence-electron chi connectivity index (χ1n) is 4.40. The summed E-state index contributed by atoms with van der Waals surface area (Å²) < 4.78 is 32.1. The van der Waals surface area contributed by atoms with Crippen molar-refractivity contribution in [1.82, 2.24) is 4.98 Å². The van der Waals surface area contributed by atoms with Gasteiger partial charge >= 0.3 is 0 Å². The van der Waals surface area contributed by atoms with Crippen molar-refractivity contribution < 1.29 is 13.5 Å². The van der Waals surface area contributed by atoms with E-state index in [0.717, 1.165) is 12.1 Å². The molecule has 2 aromatic rings. The van der Waals surface area contributed by atoms with Crippen LogP contribution in [-0.4, -0.2) is 4.98 Å². The van der Waals surface area contributed by atoms with Crippen molar-refractivity contribution in [2.24, 2.45) is 0 Å². The fourth-order valence-electron chi connectivity index (χ4n) is 1.14. The number of hydrogen-bond acceptors (Lipinski definition) is 2. The van der Waals surface area contributed by atoms with Gasteiger partial charge in [0.25, 0.3) is 0 Å². The van der Waals surface area contributed by atoms with Gasteiger partial charge < -0.3 is 4.74 Å². The minimum Gasteiger partial charge on any atom is -0.433 e. The molecule has 0 aliphatic carbocycles. The Kier molecular flexibility index (Phi) is 3.14. The minimum atomic E-state index is -0.780. The van der Waals surface area contributed by atoms with Crippen LogP contribution in [-0.2, 0) is 0 Å². The Balaban J connectivity index is 2.35. The van der Waals surface area contributed by atoms with Gasteiger partial charge in [0.15, 0.2) is 11.6 Å². The third-order valence-electron chi connectivity index (χ3n) is 1.81. The Labute approximate surface area is 99.0 Å². The molecule has 0 aliphatic heterocycles. The Morgan fingerprint density at radius 1 is 1.12 bits per heavy atom. The van der Waals surface area contributed by atoms with E-state index in [0.29, 0.717) is 4.47 Å². The van der Waals surface area contributed by atoms with Gasteiger partial charge in [-0.3, -0.25) is 0 Å². The molecule has 0 saturated heterocycles. The lowest BCUT2D eigenvalue weighted by molar-refractivity contribution is 0.395. The molecule has 82 valence electrons. The third kappa shape index (κ3) is 2.36. The molecule has 0 atom stereocenters. The van der Waals surface area contributed by atoms with Gasteiger partial charge in [-0.2, -0.15) is 0 Å². The maximum atomic E-state index is 13.4. The highest BCUT2D eigenvalue weighted by atomic mass is 79.9. The molecule has 0 spiro atoms. The van der Waals surface area contributed by atoms with Crippen LogP contribution in [0.4, 0.5) is 8.78 Å². The first-order valence-corrected chi connectivity index (χ1v) is 5.19. The molecular weight excluding hydrogens is 280 g/mol. The zero-order valence-corrected chi connectivity index (χ0v) is 9.54. The summed E-state index contributed by atoms with van der Waals surface area (Å²) in [5, 5.41) is 0. The van der Waals surface area contributed by atoms with Gasteiger partial charge in [-0.15, -0.1) is 0 Å². The number of pyridine rings is 1. The second kappa shape index (κ2) is 4.57. The van der Waals surface area contributed by atoms with Crippen LogP contribution in [0, 0.1) is 11.6 Å². The summed E-state index contributed by atoms with van der Waals surface area (Å²) in [7, 11) is 0. The van der Waals surface area contributed by atoms with E-state index < -0.39 is 17.4 Å². The smallest absolute Gasteiger partial charge is 0.219 e. The van der Waals surface area contributed by atoms with Crippen molar-refractivity contribution in [3.63, 3.8) is 0 Å². The van der Waals surface area contributed by atoms with Crippen LogP contribution in [0.25, 0.3) is 0 Å². The van der Waals surface area contributed by atoms with Gasteiger partial charge in [0.2, 0.25) is 11.6 Å². The molecule has 0 unspecified atom stereocenters. The summed E-state index contributed by atoms with van der Waals surface area (Å²) in [5.74, 6) is -1.88. The molecule has 2 nitrogen and oxygen atoms in total. The van der Waals surface area contributed by atoms with Crippen LogP contribution in [0.2, 0.25) is 0 Å². The van der Waals surface area contributed by atoms with Gasteiger partial charge in [0, 0.05) is 16.7 Å². The van der Waals surface area contributed by atoms with Gasteiger partial charge in [0.1, 0.15) is 0 Å². The second-order valence-electron chi connectivity index (χ2n) is 2.97. The fraction of sp³-hybridized carbons (Fsp3) is 0. The molecule has 0 N–H and O–H groups in total. The first kappa shape index (κ1) is 11.0. The van der Waals surface area contributed by atoms with Crippen LogP contribution in [0.3, 0.4) is 0 Å². The minimum absolute atomic E-state index is 0.141. The molecule has 0 fully saturated rings. The normalized spacial score (nSPS) is 10.2. The standard InChI is InChI=1S/C11H6BrF2NO/c12-7-5-8(13)11(9(14)6-7)16-10-3-1-2-4-15-10/h1-6H. The van der Waals surface area contributed by atoms with Gasteiger partial charge in [-0.25, -0.2) is 13.8 Å². The van der Waals surface area contributed by atoms with Crippen molar-refractivity contribution in [3.8, 4) is 11.6 Å². The third-order valence-corrected chi connectivity index (χ3v) is 2.27. The highest BCUT2D eigenvalue weighted by molar-refractivity contribution is 9.10. The highest BCUT2D eigenvalue weighted by Gasteiger charge is 2.13. The number of halogens is 3. The van der Waals surface area contributed by atoms with Crippen LogP contribution >= 0.6 is 15.9 Å². The molecule has 1 heterocycles. The molecular formula is C11H6BrF2NO. The molecule has 2 rings (SSSR count). The summed E-state index contributed by atoms with van der Waals surface area (Å²) in [5.41, 5.74) is 0. The lowest BCUT2D eigenvalue weighted by Gasteiger charge is -2.06. The zero-order chi connectivity index (χ0) is 11.5. The molecule has 16 heavy (non-hydrogen) atoms. The first-order chi connectivity index (χ1) is 7.66. The van der Waals surface area contributed by atoms with E-state index >= 15 is 0 Å². The van der Waals surface area contributed by atoms with E-state index in [1.165, 1.54) is 12.3 Å². The monoisotopic (exact) mass is 285 g/mol. The van der Waals surface area contributed by atoms with Gasteiger partial charge in [-0.05, 0) is 18.2 Å².